The van der Waals surface area contributed by atoms with Crippen molar-refractivity contribution in [3.8, 4) is 6.07 Å². The first-order valence-electron chi connectivity index (χ1n) is 6.27. The Bertz CT molecular complexity index is 423. The molecule has 0 saturated heterocycles. The predicted octanol–water partition coefficient (Wildman–Crippen LogP) is 2.28. The first-order chi connectivity index (χ1) is 8.77. The Morgan fingerprint density at radius 3 is 2.83 bits per heavy atom. The first-order valence-corrected chi connectivity index (χ1v) is 6.27. The molecule has 2 N–H and O–H groups in total. The van der Waals surface area contributed by atoms with Gasteiger partial charge in [0.2, 0.25) is 5.91 Å². The number of benzene rings is 1. The van der Waals surface area contributed by atoms with E-state index in [0.717, 1.165) is 25.1 Å². The van der Waals surface area contributed by atoms with Gasteiger partial charge in [-0.05, 0) is 18.6 Å². The fourth-order valence-corrected chi connectivity index (χ4v) is 1.54. The Morgan fingerprint density at radius 2 is 2.11 bits per heavy atom. The van der Waals surface area contributed by atoms with Crippen LogP contribution in [0.25, 0.3) is 0 Å². The van der Waals surface area contributed by atoms with Crippen molar-refractivity contribution in [1.82, 2.24) is 5.32 Å². The van der Waals surface area contributed by atoms with E-state index in [9.17, 15) is 4.79 Å². The number of nitriles is 1. The lowest BCUT2D eigenvalue weighted by atomic mass is 10.2. The van der Waals surface area contributed by atoms with Crippen molar-refractivity contribution >= 4 is 11.6 Å². The summed E-state index contributed by atoms with van der Waals surface area (Å²) in [5.74, 6) is 0.0467. The Kier molecular flexibility index (Phi) is 6.34. The molecule has 0 aromatic heterocycles. The van der Waals surface area contributed by atoms with Crippen LogP contribution < -0.4 is 10.6 Å². The zero-order valence-electron chi connectivity index (χ0n) is 10.7. The van der Waals surface area contributed by atoms with Crippen LogP contribution in [0.3, 0.4) is 0 Å². The summed E-state index contributed by atoms with van der Waals surface area (Å²) in [7, 11) is 0. The van der Waals surface area contributed by atoms with Crippen LogP contribution in [0.5, 0.6) is 0 Å². The monoisotopic (exact) mass is 245 g/mol. The van der Waals surface area contributed by atoms with Crippen molar-refractivity contribution in [2.24, 2.45) is 0 Å². The molecule has 0 saturated carbocycles. The van der Waals surface area contributed by atoms with Gasteiger partial charge in [-0.25, -0.2) is 0 Å². The number of carbonyl (C=O) groups is 1. The van der Waals surface area contributed by atoms with Crippen molar-refractivity contribution in [3.05, 3.63) is 29.8 Å². The first kappa shape index (κ1) is 14.0. The second kappa shape index (κ2) is 8.13. The maximum absolute atomic E-state index is 11.4. The molecule has 0 aliphatic heterocycles. The molecule has 1 aromatic rings. The number of nitrogens with zero attached hydrogens (tertiary/aromatic N) is 1. The number of amides is 1. The van der Waals surface area contributed by atoms with Crippen molar-refractivity contribution < 1.29 is 4.79 Å². The van der Waals surface area contributed by atoms with Crippen LogP contribution in [0.2, 0.25) is 0 Å². The molecule has 4 nitrogen and oxygen atoms in total. The van der Waals surface area contributed by atoms with E-state index in [-0.39, 0.29) is 5.91 Å². The fraction of sp³-hybridized carbons (Fsp3) is 0.429. The van der Waals surface area contributed by atoms with Gasteiger partial charge in [-0.3, -0.25) is 4.79 Å². The fourth-order valence-electron chi connectivity index (χ4n) is 1.54. The van der Waals surface area contributed by atoms with E-state index in [1.54, 1.807) is 6.07 Å². The highest BCUT2D eigenvalue weighted by Crippen LogP contribution is 2.12. The van der Waals surface area contributed by atoms with E-state index in [1.807, 2.05) is 18.2 Å². The van der Waals surface area contributed by atoms with Crippen LogP contribution in [0, 0.1) is 11.3 Å². The van der Waals surface area contributed by atoms with Gasteiger partial charge in [-0.1, -0.05) is 25.5 Å². The molecule has 1 rings (SSSR count). The SMILES string of the molecule is CCCCNC(=O)CCNc1ccccc1C#N. The molecule has 0 atom stereocenters. The van der Waals surface area contributed by atoms with Crippen LogP contribution >= 0.6 is 0 Å². The summed E-state index contributed by atoms with van der Waals surface area (Å²) in [6.45, 7) is 3.37. The summed E-state index contributed by atoms with van der Waals surface area (Å²) in [5.41, 5.74) is 1.38. The molecule has 4 heteroatoms. The van der Waals surface area contributed by atoms with Gasteiger partial charge in [0.15, 0.2) is 0 Å². The molecule has 1 aromatic carbocycles. The van der Waals surface area contributed by atoms with Crippen LogP contribution in [0.4, 0.5) is 5.69 Å². The average Bonchev–Trinajstić information content (AvgIpc) is 2.39. The maximum Gasteiger partial charge on any atom is 0.221 e. The minimum absolute atomic E-state index is 0.0467. The largest absolute Gasteiger partial charge is 0.383 e. The third-order valence-corrected chi connectivity index (χ3v) is 2.57. The molecule has 96 valence electrons. The zero-order valence-corrected chi connectivity index (χ0v) is 10.7. The van der Waals surface area contributed by atoms with Gasteiger partial charge in [0.25, 0.3) is 0 Å². The molecule has 18 heavy (non-hydrogen) atoms. The van der Waals surface area contributed by atoms with Crippen LogP contribution in [0.15, 0.2) is 24.3 Å². The zero-order chi connectivity index (χ0) is 13.2. The minimum Gasteiger partial charge on any atom is -0.383 e. The van der Waals surface area contributed by atoms with E-state index in [1.165, 1.54) is 0 Å². The highest BCUT2D eigenvalue weighted by atomic mass is 16.1. The third-order valence-electron chi connectivity index (χ3n) is 2.57. The number of para-hydroxylation sites is 1. The third kappa shape index (κ3) is 4.88. The number of hydrogen-bond donors (Lipinski definition) is 2. The molecule has 0 radical (unpaired) electrons. The van der Waals surface area contributed by atoms with Crippen molar-refractivity contribution in [2.75, 3.05) is 18.4 Å². The molecular weight excluding hydrogens is 226 g/mol. The van der Waals surface area contributed by atoms with E-state index in [0.29, 0.717) is 18.5 Å². The smallest absolute Gasteiger partial charge is 0.221 e. The summed E-state index contributed by atoms with van der Waals surface area (Å²) < 4.78 is 0. The summed E-state index contributed by atoms with van der Waals surface area (Å²) in [6.07, 6.45) is 2.51. The van der Waals surface area contributed by atoms with Crippen LogP contribution in [-0.2, 0) is 4.79 Å². The predicted molar refractivity (Wildman–Crippen MR) is 72.2 cm³/mol. The van der Waals surface area contributed by atoms with Crippen LogP contribution in [-0.4, -0.2) is 19.0 Å². The number of unbranched alkanes of at least 4 members (excludes halogenated alkanes) is 1. The minimum atomic E-state index is 0.0467. The van der Waals surface area contributed by atoms with E-state index in [4.69, 9.17) is 5.26 Å². The van der Waals surface area contributed by atoms with E-state index in [2.05, 4.69) is 23.6 Å². The summed E-state index contributed by atoms with van der Waals surface area (Å²) in [5, 5.41) is 14.9. The lowest BCUT2D eigenvalue weighted by Gasteiger charge is -2.08. The second-order valence-corrected chi connectivity index (χ2v) is 4.04. The topological polar surface area (TPSA) is 64.9 Å². The van der Waals surface area contributed by atoms with E-state index >= 15 is 0 Å². The average molecular weight is 245 g/mol. The standard InChI is InChI=1S/C14H19N3O/c1-2-3-9-17-14(18)8-10-16-13-7-5-4-6-12(13)11-15/h4-7,16H,2-3,8-10H2,1H3,(H,17,18). The number of rotatable bonds is 7. The Balaban J connectivity index is 2.29. The molecule has 0 aliphatic carbocycles. The molecule has 0 fully saturated rings. The number of nitrogens with one attached hydrogen (secondary N) is 2. The van der Waals surface area contributed by atoms with Crippen molar-refractivity contribution in [1.29, 1.82) is 5.26 Å². The lowest BCUT2D eigenvalue weighted by Crippen LogP contribution is -2.26. The van der Waals surface area contributed by atoms with E-state index < -0.39 is 0 Å². The molecule has 0 spiro atoms. The second-order valence-electron chi connectivity index (χ2n) is 4.04. The molecule has 0 unspecified atom stereocenters. The summed E-state index contributed by atoms with van der Waals surface area (Å²) in [6, 6.07) is 9.39. The normalized spacial score (nSPS) is 9.56. The van der Waals surface area contributed by atoms with Gasteiger partial charge in [-0.15, -0.1) is 0 Å². The Morgan fingerprint density at radius 1 is 1.33 bits per heavy atom. The lowest BCUT2D eigenvalue weighted by molar-refractivity contribution is -0.120. The Hall–Kier alpha value is -2.02. The molecule has 0 aliphatic rings. The van der Waals surface area contributed by atoms with Crippen LogP contribution in [0.1, 0.15) is 31.7 Å². The van der Waals surface area contributed by atoms with Gasteiger partial charge in [0.1, 0.15) is 6.07 Å². The Labute approximate surface area is 108 Å². The number of hydrogen-bond acceptors (Lipinski definition) is 3. The number of anilines is 1. The maximum atomic E-state index is 11.4. The van der Waals surface area contributed by atoms with Crippen molar-refractivity contribution in [3.63, 3.8) is 0 Å². The summed E-state index contributed by atoms with van der Waals surface area (Å²) >= 11 is 0. The molecular formula is C14H19N3O. The number of carbonyl (C=O) groups excluding carboxylic acids is 1. The molecule has 0 bridgehead atoms. The quantitative estimate of drug-likeness (QED) is 0.724. The van der Waals surface area contributed by atoms with Gasteiger partial charge >= 0.3 is 0 Å². The van der Waals surface area contributed by atoms with Gasteiger partial charge in [0.05, 0.1) is 11.3 Å². The molecule has 1 amide bonds. The highest BCUT2D eigenvalue weighted by Gasteiger charge is 2.02. The summed E-state index contributed by atoms with van der Waals surface area (Å²) in [4.78, 5) is 11.4. The van der Waals surface area contributed by atoms with Gasteiger partial charge in [0, 0.05) is 19.5 Å². The van der Waals surface area contributed by atoms with Gasteiger partial charge in [-0.2, -0.15) is 5.26 Å². The van der Waals surface area contributed by atoms with Crippen molar-refractivity contribution in [2.45, 2.75) is 26.2 Å². The van der Waals surface area contributed by atoms with Gasteiger partial charge < -0.3 is 10.6 Å². The molecule has 0 heterocycles. The highest BCUT2D eigenvalue weighted by molar-refractivity contribution is 5.76.